The highest BCUT2D eigenvalue weighted by Crippen LogP contribution is 2.19. The Balaban J connectivity index is 1.66. The molecular weight excluding hydrogens is 384 g/mol. The molecule has 0 saturated heterocycles. The van der Waals surface area contributed by atoms with Crippen LogP contribution in [0.25, 0.3) is 22.5 Å². The molecule has 7 heteroatoms. The van der Waals surface area contributed by atoms with Crippen molar-refractivity contribution in [1.29, 1.82) is 0 Å². The van der Waals surface area contributed by atoms with Crippen molar-refractivity contribution in [2.24, 2.45) is 0 Å². The van der Waals surface area contributed by atoms with Gasteiger partial charge in [0.2, 0.25) is 0 Å². The molecule has 0 spiro atoms. The molecule has 3 aromatic heterocycles. The summed E-state index contributed by atoms with van der Waals surface area (Å²) in [6, 6.07) is 11.4. The van der Waals surface area contributed by atoms with Gasteiger partial charge in [-0.3, -0.25) is 9.55 Å². The Bertz CT molecular complexity index is 1100. The van der Waals surface area contributed by atoms with Crippen LogP contribution in [0.4, 0.5) is 0 Å². The number of fused-ring (bicyclic) bond motifs is 1. The first-order valence-corrected chi connectivity index (χ1v) is 8.43. The van der Waals surface area contributed by atoms with Gasteiger partial charge in [0.15, 0.2) is 11.2 Å². The molecule has 4 aromatic rings. The maximum atomic E-state index is 12.1. The van der Waals surface area contributed by atoms with Gasteiger partial charge in [-0.05, 0) is 40.5 Å². The third-order valence-corrected chi connectivity index (χ3v) is 4.27. The van der Waals surface area contributed by atoms with Gasteiger partial charge in [0.1, 0.15) is 4.60 Å². The molecule has 0 aliphatic rings. The van der Waals surface area contributed by atoms with E-state index in [0.717, 1.165) is 22.5 Å². The summed E-state index contributed by atoms with van der Waals surface area (Å²) in [5, 5.41) is 0. The molecule has 0 fully saturated rings. The summed E-state index contributed by atoms with van der Waals surface area (Å²) in [6.45, 7) is 2.28. The van der Waals surface area contributed by atoms with Gasteiger partial charge in [-0.15, -0.1) is 0 Å². The first-order valence-electron chi connectivity index (χ1n) is 7.64. The molecule has 0 radical (unpaired) electrons. The van der Waals surface area contributed by atoms with Crippen molar-refractivity contribution in [1.82, 2.24) is 19.5 Å². The van der Waals surface area contributed by atoms with Gasteiger partial charge < -0.3 is 4.42 Å². The summed E-state index contributed by atoms with van der Waals surface area (Å²) in [7, 11) is 0. The average molecular weight is 397 g/mol. The maximum Gasteiger partial charge on any atom is 0.421 e. The predicted octanol–water partition coefficient (Wildman–Crippen LogP) is 3.57. The fraction of sp³-hybridized carbons (Fsp3) is 0.111. The van der Waals surface area contributed by atoms with Crippen LogP contribution >= 0.6 is 15.9 Å². The van der Waals surface area contributed by atoms with E-state index in [4.69, 9.17) is 4.42 Å². The van der Waals surface area contributed by atoms with Gasteiger partial charge in [0.05, 0.1) is 24.6 Å². The van der Waals surface area contributed by atoms with Crippen molar-refractivity contribution in [2.75, 3.05) is 0 Å². The molecule has 0 unspecified atom stereocenters. The molecule has 0 bridgehead atoms. The van der Waals surface area contributed by atoms with Crippen molar-refractivity contribution in [2.45, 2.75) is 13.5 Å². The van der Waals surface area contributed by atoms with E-state index in [1.807, 2.05) is 37.3 Å². The number of aromatic nitrogens is 4. The second-order valence-corrected chi connectivity index (χ2v) is 6.46. The van der Waals surface area contributed by atoms with Crippen molar-refractivity contribution in [3.8, 4) is 11.3 Å². The normalized spacial score (nSPS) is 11.1. The summed E-state index contributed by atoms with van der Waals surface area (Å²) in [5.41, 5.74) is 4.62. The van der Waals surface area contributed by atoms with Crippen molar-refractivity contribution < 1.29 is 4.42 Å². The molecule has 0 aliphatic carbocycles. The number of oxazole rings is 1. The molecule has 0 N–H and O–H groups in total. The lowest BCUT2D eigenvalue weighted by Gasteiger charge is -2.05. The Labute approximate surface area is 151 Å². The number of halogens is 1. The fourth-order valence-corrected chi connectivity index (χ4v) is 2.81. The Hall–Kier alpha value is -2.80. The standard InChI is InChI=1S/C18H13BrN4O2/c1-11-2-7-15-17(22-11)23(18(24)25-15)10-12-3-5-13(6-4-12)14-8-21-16(19)9-20-14/h2-9H,10H2,1H3. The van der Waals surface area contributed by atoms with E-state index in [-0.39, 0.29) is 0 Å². The van der Waals surface area contributed by atoms with E-state index < -0.39 is 5.76 Å². The lowest BCUT2D eigenvalue weighted by atomic mass is 10.1. The maximum absolute atomic E-state index is 12.1. The van der Waals surface area contributed by atoms with Crippen LogP contribution in [-0.2, 0) is 6.54 Å². The van der Waals surface area contributed by atoms with Crippen molar-refractivity contribution >= 4 is 27.2 Å². The average Bonchev–Trinajstić information content (AvgIpc) is 2.92. The van der Waals surface area contributed by atoms with Crippen LogP contribution in [0, 0.1) is 6.92 Å². The number of hydrogen-bond acceptors (Lipinski definition) is 5. The first-order chi connectivity index (χ1) is 12.1. The number of aryl methyl sites for hydroxylation is 1. The number of pyridine rings is 1. The molecule has 0 saturated carbocycles. The zero-order valence-electron chi connectivity index (χ0n) is 13.3. The Morgan fingerprint density at radius 3 is 2.60 bits per heavy atom. The van der Waals surface area contributed by atoms with E-state index in [1.165, 1.54) is 4.57 Å². The molecule has 1 aromatic carbocycles. The van der Waals surface area contributed by atoms with E-state index in [2.05, 4.69) is 30.9 Å². The van der Waals surface area contributed by atoms with E-state index in [9.17, 15) is 4.79 Å². The van der Waals surface area contributed by atoms with Gasteiger partial charge in [-0.1, -0.05) is 24.3 Å². The highest BCUT2D eigenvalue weighted by atomic mass is 79.9. The van der Waals surface area contributed by atoms with E-state index in [0.29, 0.717) is 22.4 Å². The number of hydrogen-bond donors (Lipinski definition) is 0. The minimum absolute atomic E-state index is 0.397. The van der Waals surface area contributed by atoms with Gasteiger partial charge in [-0.2, -0.15) is 0 Å². The highest BCUT2D eigenvalue weighted by Gasteiger charge is 2.11. The quantitative estimate of drug-likeness (QED) is 0.529. The molecule has 0 atom stereocenters. The van der Waals surface area contributed by atoms with Crippen LogP contribution in [0.15, 0.2) is 62.6 Å². The molecule has 6 nitrogen and oxygen atoms in total. The highest BCUT2D eigenvalue weighted by molar-refractivity contribution is 9.10. The lowest BCUT2D eigenvalue weighted by molar-refractivity contribution is 0.517. The third kappa shape index (κ3) is 3.10. The molecular formula is C18H13BrN4O2. The van der Waals surface area contributed by atoms with Crippen molar-refractivity contribution in [3.05, 3.63) is 75.2 Å². The van der Waals surface area contributed by atoms with Crippen LogP contribution in [0.5, 0.6) is 0 Å². The van der Waals surface area contributed by atoms with Crippen LogP contribution in [0.2, 0.25) is 0 Å². The smallest absolute Gasteiger partial charge is 0.406 e. The monoisotopic (exact) mass is 396 g/mol. The second-order valence-electron chi connectivity index (χ2n) is 5.65. The van der Waals surface area contributed by atoms with Gasteiger partial charge in [0, 0.05) is 11.3 Å². The van der Waals surface area contributed by atoms with E-state index >= 15 is 0 Å². The van der Waals surface area contributed by atoms with E-state index in [1.54, 1.807) is 18.5 Å². The minimum atomic E-state index is -0.407. The second kappa shape index (κ2) is 6.25. The summed E-state index contributed by atoms with van der Waals surface area (Å²) < 4.78 is 7.49. The Kier molecular flexibility index (Phi) is 3.93. The van der Waals surface area contributed by atoms with Gasteiger partial charge in [0.25, 0.3) is 0 Å². The Morgan fingerprint density at radius 1 is 1.08 bits per heavy atom. The fourth-order valence-electron chi connectivity index (χ4n) is 2.60. The zero-order chi connectivity index (χ0) is 17.4. The van der Waals surface area contributed by atoms with Gasteiger partial charge >= 0.3 is 5.76 Å². The number of benzene rings is 1. The molecule has 124 valence electrons. The summed E-state index contributed by atoms with van der Waals surface area (Å²) >= 11 is 3.27. The largest absolute Gasteiger partial charge is 0.421 e. The summed E-state index contributed by atoms with van der Waals surface area (Å²) in [4.78, 5) is 25.0. The molecule has 4 rings (SSSR count). The minimum Gasteiger partial charge on any atom is -0.406 e. The van der Waals surface area contributed by atoms with Crippen molar-refractivity contribution in [3.63, 3.8) is 0 Å². The SMILES string of the molecule is Cc1ccc2oc(=O)n(Cc3ccc(-c4cnc(Br)cn4)cc3)c2n1. The third-order valence-electron chi connectivity index (χ3n) is 3.86. The lowest BCUT2D eigenvalue weighted by Crippen LogP contribution is -2.15. The van der Waals surface area contributed by atoms with Crippen LogP contribution in [-0.4, -0.2) is 19.5 Å². The molecule has 0 aliphatic heterocycles. The van der Waals surface area contributed by atoms with Crippen LogP contribution < -0.4 is 5.76 Å². The first kappa shape index (κ1) is 15.7. The summed E-state index contributed by atoms with van der Waals surface area (Å²) in [6.07, 6.45) is 3.37. The molecule has 3 heterocycles. The predicted molar refractivity (Wildman–Crippen MR) is 97.3 cm³/mol. The zero-order valence-corrected chi connectivity index (χ0v) is 14.9. The summed E-state index contributed by atoms with van der Waals surface area (Å²) in [5.74, 6) is -0.407. The topological polar surface area (TPSA) is 73.8 Å². The number of nitrogens with zero attached hydrogens (tertiary/aromatic N) is 4. The molecule has 0 amide bonds. The number of rotatable bonds is 3. The molecule has 25 heavy (non-hydrogen) atoms. The van der Waals surface area contributed by atoms with Crippen LogP contribution in [0.3, 0.4) is 0 Å². The van der Waals surface area contributed by atoms with Gasteiger partial charge in [-0.25, -0.2) is 14.8 Å². The van der Waals surface area contributed by atoms with Crippen LogP contribution in [0.1, 0.15) is 11.3 Å². The Morgan fingerprint density at radius 2 is 1.88 bits per heavy atom.